The van der Waals surface area contributed by atoms with Crippen molar-refractivity contribution in [1.29, 1.82) is 0 Å². The second-order valence-electron chi connectivity index (χ2n) is 2.59. The van der Waals surface area contributed by atoms with E-state index in [4.69, 9.17) is 0 Å². The van der Waals surface area contributed by atoms with Gasteiger partial charge in [-0.25, -0.2) is 0 Å². The van der Waals surface area contributed by atoms with Crippen molar-refractivity contribution in [2.45, 2.75) is 13.0 Å². The van der Waals surface area contributed by atoms with E-state index >= 15 is 0 Å². The fourth-order valence-corrected chi connectivity index (χ4v) is 0.967. The summed E-state index contributed by atoms with van der Waals surface area (Å²) in [5.41, 5.74) is 4.15. The first-order chi connectivity index (χ1) is 5.84. The van der Waals surface area contributed by atoms with Gasteiger partial charge in [0.15, 0.2) is 0 Å². The molecule has 1 N–H and O–H groups in total. The summed E-state index contributed by atoms with van der Waals surface area (Å²) in [4.78, 5) is 0. The third kappa shape index (κ3) is 2.34. The van der Waals surface area contributed by atoms with Crippen molar-refractivity contribution in [2.24, 2.45) is 10.3 Å². The Labute approximate surface area is 72.6 Å². The maximum Gasteiger partial charge on any atom is 0.0850 e. The number of nitrogens with zero attached hydrogens (tertiary/aromatic N) is 2. The van der Waals surface area contributed by atoms with Gasteiger partial charge in [-0.2, -0.15) is 5.11 Å². The Balaban J connectivity index is 2.63. The maximum absolute atomic E-state index is 3.74. The molecule has 0 aromatic carbocycles. The molecule has 0 aliphatic heterocycles. The highest BCUT2D eigenvalue weighted by atomic mass is 15.4. The number of hydrogen-bond donors (Lipinski definition) is 1. The molecule has 0 aromatic heterocycles. The zero-order valence-corrected chi connectivity index (χ0v) is 7.36. The Morgan fingerprint density at radius 3 is 2.92 bits per heavy atom. The average Bonchev–Trinajstić information content (AvgIpc) is 2.27. The first-order valence-corrected chi connectivity index (χ1v) is 3.90. The van der Waals surface area contributed by atoms with E-state index in [0.717, 1.165) is 0 Å². The van der Waals surface area contributed by atoms with Crippen LogP contribution in [0.25, 0.3) is 0 Å². The highest BCUT2D eigenvalue weighted by Crippen LogP contribution is 2.06. The number of nitrogens with one attached hydrogen (secondary N) is 1. The lowest BCUT2D eigenvalue weighted by Crippen LogP contribution is -2.22. The van der Waals surface area contributed by atoms with E-state index in [2.05, 4.69) is 28.8 Å². The fourth-order valence-electron chi connectivity index (χ4n) is 0.967. The van der Waals surface area contributed by atoms with Crippen LogP contribution in [0.4, 0.5) is 0 Å². The molecular formula is C9H13N3. The molecule has 0 saturated heterocycles. The van der Waals surface area contributed by atoms with Crippen LogP contribution in [0.3, 0.4) is 0 Å². The van der Waals surface area contributed by atoms with E-state index in [1.54, 1.807) is 7.05 Å². The molecular weight excluding hydrogens is 150 g/mol. The molecule has 1 aliphatic carbocycles. The molecule has 0 fully saturated rings. The van der Waals surface area contributed by atoms with Crippen molar-refractivity contribution in [1.82, 2.24) is 5.43 Å². The summed E-state index contributed by atoms with van der Waals surface area (Å²) in [6.45, 7) is 2.06. The summed E-state index contributed by atoms with van der Waals surface area (Å²) in [7, 11) is 1.64. The summed E-state index contributed by atoms with van der Waals surface area (Å²) in [6.07, 6.45) is 10.1. The molecule has 1 atom stereocenters. The Hall–Kier alpha value is -1.38. The van der Waals surface area contributed by atoms with Crippen molar-refractivity contribution in [3.05, 3.63) is 36.0 Å². The van der Waals surface area contributed by atoms with Gasteiger partial charge in [0.05, 0.1) is 13.1 Å². The Morgan fingerprint density at radius 2 is 2.17 bits per heavy atom. The first-order valence-electron chi connectivity index (χ1n) is 3.90. The number of allylic oxidation sites excluding steroid dienone is 4. The molecule has 0 spiro atoms. The monoisotopic (exact) mass is 163 g/mol. The highest BCUT2D eigenvalue weighted by Gasteiger charge is 2.04. The van der Waals surface area contributed by atoms with Crippen LogP contribution in [0.5, 0.6) is 0 Å². The van der Waals surface area contributed by atoms with E-state index in [-0.39, 0.29) is 6.04 Å². The maximum atomic E-state index is 3.74. The van der Waals surface area contributed by atoms with Gasteiger partial charge in [-0.1, -0.05) is 35.6 Å². The Kier molecular flexibility index (Phi) is 3.26. The molecule has 1 rings (SSSR count). The van der Waals surface area contributed by atoms with E-state index in [9.17, 15) is 0 Å². The van der Waals surface area contributed by atoms with Crippen LogP contribution in [0.1, 0.15) is 6.92 Å². The minimum atomic E-state index is 0.170. The van der Waals surface area contributed by atoms with Gasteiger partial charge in [-0.15, -0.1) is 0 Å². The zero-order valence-electron chi connectivity index (χ0n) is 7.36. The van der Waals surface area contributed by atoms with Crippen LogP contribution in [-0.2, 0) is 0 Å². The van der Waals surface area contributed by atoms with Gasteiger partial charge in [0.25, 0.3) is 0 Å². The van der Waals surface area contributed by atoms with Crippen LogP contribution in [0.15, 0.2) is 46.3 Å². The topological polar surface area (TPSA) is 36.8 Å². The van der Waals surface area contributed by atoms with Gasteiger partial charge in [0.1, 0.15) is 0 Å². The second kappa shape index (κ2) is 4.49. The molecule has 0 radical (unpaired) electrons. The van der Waals surface area contributed by atoms with Crippen molar-refractivity contribution in [3.8, 4) is 0 Å². The predicted octanol–water partition coefficient (Wildman–Crippen LogP) is 2.01. The van der Waals surface area contributed by atoms with E-state index in [1.165, 1.54) is 5.57 Å². The van der Waals surface area contributed by atoms with Crippen molar-refractivity contribution in [2.75, 3.05) is 7.05 Å². The van der Waals surface area contributed by atoms with E-state index < -0.39 is 0 Å². The highest BCUT2D eigenvalue weighted by molar-refractivity contribution is 5.27. The van der Waals surface area contributed by atoms with E-state index in [1.807, 2.05) is 24.3 Å². The lowest BCUT2D eigenvalue weighted by atomic mass is 10.1. The summed E-state index contributed by atoms with van der Waals surface area (Å²) >= 11 is 0. The number of hydrogen-bond acceptors (Lipinski definition) is 2. The van der Waals surface area contributed by atoms with Crippen LogP contribution in [0.2, 0.25) is 0 Å². The third-order valence-corrected chi connectivity index (χ3v) is 1.67. The lowest BCUT2D eigenvalue weighted by molar-refractivity contribution is 0.650. The van der Waals surface area contributed by atoms with Gasteiger partial charge in [-0.3, -0.25) is 5.43 Å². The quantitative estimate of drug-likeness (QED) is 0.490. The Morgan fingerprint density at radius 1 is 1.33 bits per heavy atom. The molecule has 3 heteroatoms. The largest absolute Gasteiger partial charge is 0.281 e. The van der Waals surface area contributed by atoms with Crippen molar-refractivity contribution in [3.63, 3.8) is 0 Å². The van der Waals surface area contributed by atoms with Crippen molar-refractivity contribution >= 4 is 0 Å². The fraction of sp³-hybridized carbons (Fsp3) is 0.333. The van der Waals surface area contributed by atoms with Crippen LogP contribution in [0, 0.1) is 0 Å². The average molecular weight is 163 g/mol. The summed E-state index contributed by atoms with van der Waals surface area (Å²) in [5, 5.41) is 7.37. The molecule has 12 heavy (non-hydrogen) atoms. The third-order valence-electron chi connectivity index (χ3n) is 1.67. The normalized spacial score (nSPS) is 22.5. The SMILES string of the molecule is CN=NNC1C=CC=CC=C1C. The smallest absolute Gasteiger partial charge is 0.0850 e. The predicted molar refractivity (Wildman–Crippen MR) is 49.7 cm³/mol. The van der Waals surface area contributed by atoms with Gasteiger partial charge in [0, 0.05) is 0 Å². The standard InChI is InChI=1S/C9H13N3/c1-8-6-4-3-5-7-9(8)11-12-10-2/h3-7,9H,1-2H3,(H,10,11). The van der Waals surface area contributed by atoms with Gasteiger partial charge in [0.2, 0.25) is 0 Å². The molecule has 3 nitrogen and oxygen atoms in total. The Bertz CT molecular complexity index is 248. The van der Waals surface area contributed by atoms with Gasteiger partial charge >= 0.3 is 0 Å². The molecule has 0 bridgehead atoms. The molecule has 64 valence electrons. The lowest BCUT2D eigenvalue weighted by Gasteiger charge is -2.10. The molecule has 1 aliphatic rings. The summed E-state index contributed by atoms with van der Waals surface area (Å²) in [6, 6.07) is 0.170. The molecule has 0 aromatic rings. The summed E-state index contributed by atoms with van der Waals surface area (Å²) in [5.74, 6) is 0. The molecule has 0 heterocycles. The van der Waals surface area contributed by atoms with Crippen LogP contribution in [-0.4, -0.2) is 13.1 Å². The van der Waals surface area contributed by atoms with Crippen LogP contribution < -0.4 is 5.43 Å². The minimum Gasteiger partial charge on any atom is -0.281 e. The van der Waals surface area contributed by atoms with Crippen LogP contribution >= 0.6 is 0 Å². The molecule has 0 saturated carbocycles. The summed E-state index contributed by atoms with van der Waals surface area (Å²) < 4.78 is 0. The minimum absolute atomic E-state index is 0.170. The van der Waals surface area contributed by atoms with E-state index in [0.29, 0.717) is 0 Å². The second-order valence-corrected chi connectivity index (χ2v) is 2.59. The molecule has 0 amide bonds. The number of rotatable bonds is 2. The zero-order chi connectivity index (χ0) is 8.81. The first kappa shape index (κ1) is 8.71. The van der Waals surface area contributed by atoms with Gasteiger partial charge in [-0.05, 0) is 12.5 Å². The van der Waals surface area contributed by atoms with Gasteiger partial charge < -0.3 is 0 Å². The van der Waals surface area contributed by atoms with Crippen molar-refractivity contribution < 1.29 is 0 Å². The molecule has 1 unspecified atom stereocenters.